The Balaban J connectivity index is 2.42. The SMILES string of the molecule is CC(C)N(CCc1nccs1)C(=O)NCCC(=O)O. The van der Waals surface area contributed by atoms with Crippen molar-refractivity contribution in [3.8, 4) is 0 Å². The van der Waals surface area contributed by atoms with Crippen molar-refractivity contribution in [1.82, 2.24) is 15.2 Å². The average molecular weight is 285 g/mol. The van der Waals surface area contributed by atoms with E-state index in [-0.39, 0.29) is 25.0 Å². The number of hydrogen-bond donors (Lipinski definition) is 2. The number of carbonyl (C=O) groups excluding carboxylic acids is 1. The first kappa shape index (κ1) is 15.4. The topological polar surface area (TPSA) is 82.5 Å². The van der Waals surface area contributed by atoms with Crippen LogP contribution in [0.5, 0.6) is 0 Å². The Labute approximate surface area is 116 Å². The summed E-state index contributed by atoms with van der Waals surface area (Å²) in [4.78, 5) is 28.2. The molecular weight excluding hydrogens is 266 g/mol. The maximum absolute atomic E-state index is 11.9. The maximum Gasteiger partial charge on any atom is 0.317 e. The third-order valence-electron chi connectivity index (χ3n) is 2.55. The monoisotopic (exact) mass is 285 g/mol. The van der Waals surface area contributed by atoms with Crippen molar-refractivity contribution in [1.29, 1.82) is 0 Å². The molecule has 0 unspecified atom stereocenters. The minimum Gasteiger partial charge on any atom is -0.481 e. The molecule has 0 saturated heterocycles. The van der Waals surface area contributed by atoms with Crippen LogP contribution in [0.2, 0.25) is 0 Å². The average Bonchev–Trinajstić information content (AvgIpc) is 2.81. The maximum atomic E-state index is 11.9. The van der Waals surface area contributed by atoms with Crippen molar-refractivity contribution in [3.63, 3.8) is 0 Å². The molecule has 0 spiro atoms. The molecule has 0 aliphatic heterocycles. The molecule has 1 aromatic rings. The molecular formula is C12H19N3O3S. The number of aromatic nitrogens is 1. The number of nitrogens with one attached hydrogen (secondary N) is 1. The van der Waals surface area contributed by atoms with Crippen molar-refractivity contribution in [2.45, 2.75) is 32.7 Å². The highest BCUT2D eigenvalue weighted by Gasteiger charge is 2.16. The van der Waals surface area contributed by atoms with Crippen molar-refractivity contribution in [2.75, 3.05) is 13.1 Å². The molecule has 0 aliphatic rings. The lowest BCUT2D eigenvalue weighted by Gasteiger charge is -2.26. The summed E-state index contributed by atoms with van der Waals surface area (Å²) in [5.74, 6) is -0.917. The van der Waals surface area contributed by atoms with E-state index in [1.165, 1.54) is 0 Å². The largest absolute Gasteiger partial charge is 0.481 e. The van der Waals surface area contributed by atoms with Crippen LogP contribution >= 0.6 is 11.3 Å². The number of carboxylic acid groups (broad SMARTS) is 1. The number of rotatable bonds is 7. The Morgan fingerprint density at radius 3 is 2.79 bits per heavy atom. The molecule has 2 N–H and O–H groups in total. The second-order valence-corrected chi connectivity index (χ2v) is 5.32. The smallest absolute Gasteiger partial charge is 0.317 e. The van der Waals surface area contributed by atoms with Gasteiger partial charge in [-0.15, -0.1) is 11.3 Å². The predicted octanol–water partition coefficient (Wildman–Crippen LogP) is 1.58. The van der Waals surface area contributed by atoms with Gasteiger partial charge in [-0.25, -0.2) is 9.78 Å². The highest BCUT2D eigenvalue weighted by molar-refractivity contribution is 7.09. The number of nitrogens with zero attached hydrogens (tertiary/aromatic N) is 2. The van der Waals surface area contributed by atoms with Gasteiger partial charge < -0.3 is 15.3 Å². The molecule has 0 aromatic carbocycles. The number of thiazole rings is 1. The molecule has 6 nitrogen and oxygen atoms in total. The van der Waals surface area contributed by atoms with E-state index in [9.17, 15) is 9.59 Å². The van der Waals surface area contributed by atoms with Gasteiger partial charge in [-0.05, 0) is 13.8 Å². The number of aliphatic carboxylic acids is 1. The van der Waals surface area contributed by atoms with Gasteiger partial charge in [0.15, 0.2) is 0 Å². The second kappa shape index (κ2) is 7.73. The minimum absolute atomic E-state index is 0.0600. The van der Waals surface area contributed by atoms with Crippen LogP contribution in [0.4, 0.5) is 4.79 Å². The molecule has 2 amide bonds. The van der Waals surface area contributed by atoms with Gasteiger partial charge in [0.2, 0.25) is 0 Å². The summed E-state index contributed by atoms with van der Waals surface area (Å²) in [6.45, 7) is 4.58. The lowest BCUT2D eigenvalue weighted by Crippen LogP contribution is -2.45. The van der Waals surface area contributed by atoms with Crippen molar-refractivity contribution >= 4 is 23.3 Å². The van der Waals surface area contributed by atoms with Crippen LogP contribution in [0.1, 0.15) is 25.3 Å². The summed E-state index contributed by atoms with van der Waals surface area (Å²) in [6.07, 6.45) is 2.39. The molecule has 0 bridgehead atoms. The van der Waals surface area contributed by atoms with E-state index in [0.717, 1.165) is 5.01 Å². The van der Waals surface area contributed by atoms with Crippen LogP contribution in [0.15, 0.2) is 11.6 Å². The van der Waals surface area contributed by atoms with Gasteiger partial charge in [-0.3, -0.25) is 4.79 Å². The Kier molecular flexibility index (Phi) is 6.27. The van der Waals surface area contributed by atoms with Gasteiger partial charge >= 0.3 is 12.0 Å². The van der Waals surface area contributed by atoms with Crippen molar-refractivity contribution in [3.05, 3.63) is 16.6 Å². The lowest BCUT2D eigenvalue weighted by molar-refractivity contribution is -0.136. The highest BCUT2D eigenvalue weighted by atomic mass is 32.1. The van der Waals surface area contributed by atoms with Crippen molar-refractivity contribution < 1.29 is 14.7 Å². The van der Waals surface area contributed by atoms with Crippen molar-refractivity contribution in [2.24, 2.45) is 0 Å². The lowest BCUT2D eigenvalue weighted by atomic mass is 10.3. The quantitative estimate of drug-likeness (QED) is 0.797. The summed E-state index contributed by atoms with van der Waals surface area (Å²) in [5.41, 5.74) is 0. The Bertz CT molecular complexity index is 406. The van der Waals surface area contributed by atoms with Crippen LogP contribution in [-0.4, -0.2) is 46.1 Å². The fraction of sp³-hybridized carbons (Fsp3) is 0.583. The fourth-order valence-electron chi connectivity index (χ4n) is 1.56. The molecule has 7 heteroatoms. The zero-order valence-electron chi connectivity index (χ0n) is 11.1. The van der Waals surface area contributed by atoms with Gasteiger partial charge in [0.05, 0.1) is 11.4 Å². The molecule has 1 rings (SSSR count). The van der Waals surface area contributed by atoms with Gasteiger partial charge in [-0.1, -0.05) is 0 Å². The third kappa shape index (κ3) is 5.69. The molecule has 0 saturated carbocycles. The summed E-state index contributed by atoms with van der Waals surface area (Å²) >= 11 is 1.56. The van der Waals surface area contributed by atoms with Gasteiger partial charge in [0.1, 0.15) is 0 Å². The van der Waals surface area contributed by atoms with E-state index in [1.807, 2.05) is 19.2 Å². The van der Waals surface area contributed by atoms with E-state index < -0.39 is 5.97 Å². The molecule has 0 fully saturated rings. The van der Waals surface area contributed by atoms with E-state index in [2.05, 4.69) is 10.3 Å². The zero-order chi connectivity index (χ0) is 14.3. The van der Waals surface area contributed by atoms with Gasteiger partial charge in [-0.2, -0.15) is 0 Å². The molecule has 0 radical (unpaired) electrons. The molecule has 1 aromatic heterocycles. The van der Waals surface area contributed by atoms with Crippen LogP contribution in [0.25, 0.3) is 0 Å². The standard InChI is InChI=1S/C12H19N3O3S/c1-9(2)15(7-4-10-13-6-8-19-10)12(18)14-5-3-11(16)17/h6,8-9H,3-5,7H2,1-2H3,(H,14,18)(H,16,17). The zero-order valence-corrected chi connectivity index (χ0v) is 11.9. The van der Waals surface area contributed by atoms with E-state index >= 15 is 0 Å². The summed E-state index contributed by atoms with van der Waals surface area (Å²) < 4.78 is 0. The third-order valence-corrected chi connectivity index (χ3v) is 3.39. The first-order valence-electron chi connectivity index (χ1n) is 6.15. The Morgan fingerprint density at radius 1 is 1.53 bits per heavy atom. The molecule has 106 valence electrons. The predicted molar refractivity (Wildman–Crippen MR) is 73.3 cm³/mol. The van der Waals surface area contributed by atoms with Crippen LogP contribution < -0.4 is 5.32 Å². The fourth-order valence-corrected chi connectivity index (χ4v) is 2.17. The van der Waals surface area contributed by atoms with E-state index in [1.54, 1.807) is 22.4 Å². The molecule has 1 heterocycles. The number of urea groups is 1. The first-order chi connectivity index (χ1) is 9.00. The number of carbonyl (C=O) groups is 2. The van der Waals surface area contributed by atoms with Gasteiger partial charge in [0, 0.05) is 37.1 Å². The number of hydrogen-bond acceptors (Lipinski definition) is 4. The molecule has 19 heavy (non-hydrogen) atoms. The second-order valence-electron chi connectivity index (χ2n) is 4.34. The van der Waals surface area contributed by atoms with Gasteiger partial charge in [0.25, 0.3) is 0 Å². The Hall–Kier alpha value is -1.63. The minimum atomic E-state index is -0.917. The first-order valence-corrected chi connectivity index (χ1v) is 7.03. The molecule has 0 aliphatic carbocycles. The summed E-state index contributed by atoms with van der Waals surface area (Å²) in [7, 11) is 0. The summed E-state index contributed by atoms with van der Waals surface area (Å²) in [6, 6.07) is -0.169. The van der Waals surface area contributed by atoms with Crippen LogP contribution in [0.3, 0.4) is 0 Å². The molecule has 0 atom stereocenters. The number of amides is 2. The van der Waals surface area contributed by atoms with Crippen LogP contribution in [-0.2, 0) is 11.2 Å². The van der Waals surface area contributed by atoms with Crippen LogP contribution in [0, 0.1) is 0 Å². The normalized spacial score (nSPS) is 10.5. The van der Waals surface area contributed by atoms with E-state index in [0.29, 0.717) is 13.0 Å². The number of carboxylic acids is 1. The summed E-state index contributed by atoms with van der Waals surface area (Å²) in [5, 5.41) is 14.0. The Morgan fingerprint density at radius 2 is 2.26 bits per heavy atom. The van der Waals surface area contributed by atoms with E-state index in [4.69, 9.17) is 5.11 Å². The highest BCUT2D eigenvalue weighted by Crippen LogP contribution is 2.07.